The Morgan fingerprint density at radius 3 is 1.57 bits per heavy atom. The van der Waals surface area contributed by atoms with Crippen molar-refractivity contribution in [3.63, 3.8) is 0 Å². The summed E-state index contributed by atoms with van der Waals surface area (Å²) in [5, 5.41) is 6.26. The molecule has 6 aromatic carbocycles. The molecule has 2 nitrogen and oxygen atoms in total. The summed E-state index contributed by atoms with van der Waals surface area (Å²) in [6.07, 6.45) is 0. The monoisotopic (exact) mass is 512 g/mol. The Hall–Kier alpha value is -5.34. The molecule has 0 aliphatic rings. The van der Waals surface area contributed by atoms with Crippen molar-refractivity contribution in [2.75, 3.05) is 5.32 Å². The van der Waals surface area contributed by atoms with Gasteiger partial charge in [0.2, 0.25) is 0 Å². The summed E-state index contributed by atoms with van der Waals surface area (Å²) in [5.74, 6) is 0. The van der Waals surface area contributed by atoms with E-state index in [9.17, 15) is 0 Å². The Bertz CT molecular complexity index is 1910. The Morgan fingerprint density at radius 2 is 0.900 bits per heavy atom. The van der Waals surface area contributed by atoms with Crippen molar-refractivity contribution in [2.45, 2.75) is 0 Å². The lowest BCUT2D eigenvalue weighted by Gasteiger charge is -2.21. The van der Waals surface area contributed by atoms with Gasteiger partial charge in [0.1, 0.15) is 0 Å². The molecule has 0 spiro atoms. The molecule has 2 N–H and O–H groups in total. The van der Waals surface area contributed by atoms with Gasteiger partial charge in [-0.05, 0) is 46.0 Å². The molecule has 0 aliphatic carbocycles. The highest BCUT2D eigenvalue weighted by Crippen LogP contribution is 2.41. The maximum atomic E-state index is 3.82. The summed E-state index contributed by atoms with van der Waals surface area (Å²) in [6, 6.07) is 55.7. The lowest BCUT2D eigenvalue weighted by molar-refractivity contribution is 1.47. The van der Waals surface area contributed by atoms with Crippen LogP contribution < -0.4 is 5.32 Å². The van der Waals surface area contributed by atoms with Crippen LogP contribution in [0.15, 0.2) is 158 Å². The molecule has 0 radical (unpaired) electrons. The van der Waals surface area contributed by atoms with Gasteiger partial charge in [-0.25, -0.2) is 0 Å². The molecule has 7 rings (SSSR count). The van der Waals surface area contributed by atoms with Gasteiger partial charge in [-0.2, -0.15) is 0 Å². The van der Waals surface area contributed by atoms with Crippen molar-refractivity contribution < 1.29 is 0 Å². The number of rotatable bonds is 6. The van der Waals surface area contributed by atoms with Crippen LogP contribution in [-0.2, 0) is 0 Å². The molecular weight excluding hydrogens is 484 g/mol. The van der Waals surface area contributed by atoms with Gasteiger partial charge in [0, 0.05) is 27.5 Å². The topological polar surface area (TPSA) is 27.8 Å². The smallest absolute Gasteiger partial charge is 0.0704 e. The summed E-state index contributed by atoms with van der Waals surface area (Å²) < 4.78 is 0. The summed E-state index contributed by atoms with van der Waals surface area (Å²) in [5.41, 5.74) is 11.4. The van der Waals surface area contributed by atoms with E-state index in [1.807, 2.05) is 0 Å². The van der Waals surface area contributed by atoms with E-state index in [4.69, 9.17) is 0 Å². The SMILES string of the molecule is c1ccc(C(=C(c2ccccc2)c2ccccc2Nc2cccc3c2[nH]c2ccccc23)c2ccccc2)cc1. The molecule has 0 aliphatic heterocycles. The maximum Gasteiger partial charge on any atom is 0.0704 e. The number of para-hydroxylation sites is 3. The fourth-order valence-corrected chi connectivity index (χ4v) is 5.64. The summed E-state index contributed by atoms with van der Waals surface area (Å²) in [6.45, 7) is 0. The van der Waals surface area contributed by atoms with Gasteiger partial charge in [0.05, 0.1) is 11.2 Å². The van der Waals surface area contributed by atoms with Gasteiger partial charge >= 0.3 is 0 Å². The van der Waals surface area contributed by atoms with Crippen LogP contribution in [0.3, 0.4) is 0 Å². The van der Waals surface area contributed by atoms with Crippen molar-refractivity contribution in [3.05, 3.63) is 180 Å². The molecular formula is C38H28N2. The molecule has 0 fully saturated rings. The highest BCUT2D eigenvalue weighted by Gasteiger charge is 2.19. The summed E-state index contributed by atoms with van der Waals surface area (Å²) in [4.78, 5) is 3.65. The van der Waals surface area contributed by atoms with Crippen LogP contribution in [0.2, 0.25) is 0 Å². The molecule has 1 heterocycles. The number of nitrogens with one attached hydrogen (secondary N) is 2. The van der Waals surface area contributed by atoms with Crippen LogP contribution in [0.4, 0.5) is 11.4 Å². The Morgan fingerprint density at radius 1 is 0.400 bits per heavy atom. The normalized spacial score (nSPS) is 11.0. The zero-order valence-electron chi connectivity index (χ0n) is 22.0. The molecule has 1 aromatic heterocycles. The number of hydrogen-bond donors (Lipinski definition) is 2. The van der Waals surface area contributed by atoms with Crippen LogP contribution in [-0.4, -0.2) is 4.98 Å². The van der Waals surface area contributed by atoms with E-state index in [1.165, 1.54) is 38.6 Å². The van der Waals surface area contributed by atoms with Crippen molar-refractivity contribution in [2.24, 2.45) is 0 Å². The minimum Gasteiger partial charge on any atom is -0.353 e. The van der Waals surface area contributed by atoms with E-state index in [1.54, 1.807) is 0 Å². The highest BCUT2D eigenvalue weighted by atomic mass is 14.9. The van der Waals surface area contributed by atoms with Crippen molar-refractivity contribution in [1.82, 2.24) is 4.98 Å². The first kappa shape index (κ1) is 23.8. The highest BCUT2D eigenvalue weighted by molar-refractivity contribution is 6.12. The molecule has 2 heteroatoms. The van der Waals surface area contributed by atoms with Crippen LogP contribution in [0.25, 0.3) is 33.0 Å². The minimum atomic E-state index is 1.05. The number of aromatic amines is 1. The van der Waals surface area contributed by atoms with Crippen LogP contribution in [0.5, 0.6) is 0 Å². The first-order chi connectivity index (χ1) is 19.9. The third kappa shape index (κ3) is 4.36. The second-order valence-electron chi connectivity index (χ2n) is 9.92. The lowest BCUT2D eigenvalue weighted by Crippen LogP contribution is -2.01. The van der Waals surface area contributed by atoms with Gasteiger partial charge in [0.15, 0.2) is 0 Å². The molecule has 40 heavy (non-hydrogen) atoms. The fraction of sp³-hybridized carbons (Fsp3) is 0. The van der Waals surface area contributed by atoms with E-state index in [0.717, 1.165) is 28.0 Å². The number of aromatic nitrogens is 1. The number of fused-ring (bicyclic) bond motifs is 3. The lowest BCUT2D eigenvalue weighted by atomic mass is 9.85. The molecule has 7 aromatic rings. The van der Waals surface area contributed by atoms with Gasteiger partial charge in [0.25, 0.3) is 0 Å². The standard InChI is InChI=1S/C38H28N2/c1-4-15-27(16-5-1)36(28-17-6-2-7-18-28)37(29-19-8-3-9-20-29)32-22-11-13-25-34(32)39-35-26-14-23-31-30-21-10-12-24-33(30)40-38(31)35/h1-26,39-40H. The second kappa shape index (κ2) is 10.4. The zero-order valence-corrected chi connectivity index (χ0v) is 22.0. The third-order valence-electron chi connectivity index (χ3n) is 7.44. The molecule has 0 unspecified atom stereocenters. The molecule has 0 bridgehead atoms. The fourth-order valence-electron chi connectivity index (χ4n) is 5.64. The van der Waals surface area contributed by atoms with Crippen LogP contribution in [0, 0.1) is 0 Å². The first-order valence-corrected chi connectivity index (χ1v) is 13.6. The molecule has 0 amide bonds. The molecule has 0 saturated carbocycles. The predicted molar refractivity (Wildman–Crippen MR) is 170 cm³/mol. The third-order valence-corrected chi connectivity index (χ3v) is 7.44. The quantitative estimate of drug-likeness (QED) is 0.213. The van der Waals surface area contributed by atoms with Gasteiger partial charge in [-0.15, -0.1) is 0 Å². The first-order valence-electron chi connectivity index (χ1n) is 13.6. The Balaban J connectivity index is 1.48. The number of H-pyrrole nitrogens is 1. The van der Waals surface area contributed by atoms with E-state index in [-0.39, 0.29) is 0 Å². The molecule has 0 saturated heterocycles. The van der Waals surface area contributed by atoms with E-state index >= 15 is 0 Å². The zero-order chi connectivity index (χ0) is 26.7. The number of anilines is 2. The van der Waals surface area contributed by atoms with Gasteiger partial charge < -0.3 is 10.3 Å². The minimum absolute atomic E-state index is 1.05. The molecule has 190 valence electrons. The predicted octanol–water partition coefficient (Wildman–Crippen LogP) is 10.1. The molecule has 0 atom stereocenters. The van der Waals surface area contributed by atoms with E-state index in [2.05, 4.69) is 168 Å². The van der Waals surface area contributed by atoms with E-state index < -0.39 is 0 Å². The van der Waals surface area contributed by atoms with Gasteiger partial charge in [-0.1, -0.05) is 140 Å². The second-order valence-corrected chi connectivity index (χ2v) is 9.92. The van der Waals surface area contributed by atoms with Crippen molar-refractivity contribution in [3.8, 4) is 0 Å². The largest absolute Gasteiger partial charge is 0.353 e. The number of hydrogen-bond acceptors (Lipinski definition) is 1. The average Bonchev–Trinajstić information content (AvgIpc) is 3.41. The van der Waals surface area contributed by atoms with Crippen LogP contribution >= 0.6 is 0 Å². The van der Waals surface area contributed by atoms with Crippen molar-refractivity contribution in [1.29, 1.82) is 0 Å². The Kier molecular flexibility index (Phi) is 6.20. The number of benzene rings is 6. The summed E-state index contributed by atoms with van der Waals surface area (Å²) >= 11 is 0. The maximum absolute atomic E-state index is 3.82. The van der Waals surface area contributed by atoms with Gasteiger partial charge in [-0.3, -0.25) is 0 Å². The average molecular weight is 513 g/mol. The summed E-state index contributed by atoms with van der Waals surface area (Å²) in [7, 11) is 0. The van der Waals surface area contributed by atoms with Crippen LogP contribution in [0.1, 0.15) is 22.3 Å². The van der Waals surface area contributed by atoms with E-state index in [0.29, 0.717) is 0 Å². The van der Waals surface area contributed by atoms with Crippen molar-refractivity contribution >= 4 is 44.3 Å². The Labute approximate surface area is 234 Å².